The Morgan fingerprint density at radius 3 is 1.94 bits per heavy atom. The number of esters is 1. The standard InChI is InChI=1S/C24H44O7/c1-2-3-4-5-6-7-8-9-10-11-12-13-14-15-16-17-20(26)31-24-23(29)22(28)21(27)19(18-25)30-24/h9-10,19,21-25,27-29H,2-8,11-18H2,1H3/b10-9+. The zero-order valence-corrected chi connectivity index (χ0v) is 19.2. The molecule has 1 heterocycles. The van der Waals surface area contributed by atoms with Gasteiger partial charge in [0.2, 0.25) is 6.29 Å². The molecule has 7 nitrogen and oxygen atoms in total. The molecule has 1 aliphatic rings. The van der Waals surface area contributed by atoms with Crippen molar-refractivity contribution in [3.63, 3.8) is 0 Å². The van der Waals surface area contributed by atoms with Crippen molar-refractivity contribution >= 4 is 5.97 Å². The van der Waals surface area contributed by atoms with E-state index in [9.17, 15) is 20.1 Å². The second-order valence-electron chi connectivity index (χ2n) is 8.52. The summed E-state index contributed by atoms with van der Waals surface area (Å²) >= 11 is 0. The van der Waals surface area contributed by atoms with Crippen molar-refractivity contribution in [1.29, 1.82) is 0 Å². The SMILES string of the molecule is CCCCCCCC/C=C/CCCCCCCC(=O)OC1OC(CO)C(O)C(O)C1O. The molecule has 1 rings (SSSR count). The van der Waals surface area contributed by atoms with Gasteiger partial charge in [0.1, 0.15) is 24.4 Å². The van der Waals surface area contributed by atoms with Gasteiger partial charge in [-0.3, -0.25) is 4.79 Å². The maximum absolute atomic E-state index is 11.9. The number of ether oxygens (including phenoxy) is 2. The van der Waals surface area contributed by atoms with Crippen LogP contribution in [0.15, 0.2) is 12.2 Å². The number of aliphatic hydroxyl groups excluding tert-OH is 4. The summed E-state index contributed by atoms with van der Waals surface area (Å²) in [4.78, 5) is 11.9. The second-order valence-corrected chi connectivity index (χ2v) is 8.52. The van der Waals surface area contributed by atoms with Gasteiger partial charge in [-0.25, -0.2) is 0 Å². The van der Waals surface area contributed by atoms with Crippen molar-refractivity contribution in [2.45, 2.75) is 128 Å². The number of unbranched alkanes of at least 4 members (excludes halogenated alkanes) is 11. The lowest BCUT2D eigenvalue weighted by Crippen LogP contribution is -2.59. The van der Waals surface area contributed by atoms with Crippen LogP contribution in [0.25, 0.3) is 0 Å². The lowest BCUT2D eigenvalue weighted by molar-refractivity contribution is -0.292. The second kappa shape index (κ2) is 17.6. The van der Waals surface area contributed by atoms with E-state index in [0.29, 0.717) is 6.42 Å². The topological polar surface area (TPSA) is 116 Å². The summed E-state index contributed by atoms with van der Waals surface area (Å²) in [6.07, 6.45) is 13.0. The summed E-state index contributed by atoms with van der Waals surface area (Å²) in [6.45, 7) is 1.69. The van der Waals surface area contributed by atoms with E-state index in [1.54, 1.807) is 0 Å². The third-order valence-electron chi connectivity index (χ3n) is 5.74. The van der Waals surface area contributed by atoms with Crippen LogP contribution in [0.2, 0.25) is 0 Å². The Hall–Kier alpha value is -0.990. The molecule has 0 aliphatic carbocycles. The van der Waals surface area contributed by atoms with Crippen LogP contribution in [0.4, 0.5) is 0 Å². The Balaban J connectivity index is 1.99. The third kappa shape index (κ3) is 12.0. The van der Waals surface area contributed by atoms with E-state index >= 15 is 0 Å². The maximum Gasteiger partial charge on any atom is 0.308 e. The Morgan fingerprint density at radius 2 is 1.35 bits per heavy atom. The van der Waals surface area contributed by atoms with Crippen LogP contribution in [-0.4, -0.2) is 63.7 Å². The van der Waals surface area contributed by atoms with Gasteiger partial charge < -0.3 is 29.9 Å². The van der Waals surface area contributed by atoms with E-state index in [0.717, 1.165) is 32.1 Å². The maximum atomic E-state index is 11.9. The summed E-state index contributed by atoms with van der Waals surface area (Å²) < 4.78 is 10.2. The molecule has 5 unspecified atom stereocenters. The molecule has 0 aromatic carbocycles. The van der Waals surface area contributed by atoms with Crippen molar-refractivity contribution in [1.82, 2.24) is 0 Å². The molecule has 0 radical (unpaired) electrons. The van der Waals surface area contributed by atoms with Crippen LogP contribution in [0.3, 0.4) is 0 Å². The first-order chi connectivity index (χ1) is 15.0. The first-order valence-electron chi connectivity index (χ1n) is 12.2. The highest BCUT2D eigenvalue weighted by Gasteiger charge is 2.45. The molecule has 0 spiro atoms. The lowest BCUT2D eigenvalue weighted by Gasteiger charge is -2.39. The van der Waals surface area contributed by atoms with E-state index in [1.807, 2.05) is 0 Å². The van der Waals surface area contributed by atoms with E-state index < -0.39 is 43.3 Å². The van der Waals surface area contributed by atoms with Crippen LogP contribution in [0.1, 0.15) is 96.8 Å². The summed E-state index contributed by atoms with van der Waals surface area (Å²) in [5.74, 6) is -0.526. The molecule has 31 heavy (non-hydrogen) atoms. The van der Waals surface area contributed by atoms with E-state index in [2.05, 4.69) is 19.1 Å². The smallest absolute Gasteiger partial charge is 0.308 e. The highest BCUT2D eigenvalue weighted by Crippen LogP contribution is 2.22. The van der Waals surface area contributed by atoms with Crippen molar-refractivity contribution in [3.8, 4) is 0 Å². The third-order valence-corrected chi connectivity index (χ3v) is 5.74. The zero-order valence-electron chi connectivity index (χ0n) is 19.2. The quantitative estimate of drug-likeness (QED) is 0.154. The van der Waals surface area contributed by atoms with Gasteiger partial charge in [-0.05, 0) is 32.1 Å². The predicted octanol–water partition coefficient (Wildman–Crippen LogP) is 3.37. The van der Waals surface area contributed by atoms with Crippen LogP contribution in [0.5, 0.6) is 0 Å². The van der Waals surface area contributed by atoms with Gasteiger partial charge in [0, 0.05) is 6.42 Å². The van der Waals surface area contributed by atoms with Crippen LogP contribution < -0.4 is 0 Å². The number of carbonyl (C=O) groups excluding carboxylic acids is 1. The van der Waals surface area contributed by atoms with Gasteiger partial charge in [0.05, 0.1) is 6.61 Å². The fraction of sp³-hybridized carbons (Fsp3) is 0.875. The van der Waals surface area contributed by atoms with Crippen molar-refractivity contribution in [2.75, 3.05) is 6.61 Å². The van der Waals surface area contributed by atoms with E-state index in [-0.39, 0.29) is 6.42 Å². The van der Waals surface area contributed by atoms with Gasteiger partial charge in [-0.1, -0.05) is 70.4 Å². The van der Waals surface area contributed by atoms with Crippen LogP contribution in [0, 0.1) is 0 Å². The molecular formula is C24H44O7. The molecule has 182 valence electrons. The number of carbonyl (C=O) groups is 1. The van der Waals surface area contributed by atoms with E-state index in [1.165, 1.54) is 44.9 Å². The molecule has 1 fully saturated rings. The molecule has 4 N–H and O–H groups in total. The molecular weight excluding hydrogens is 400 g/mol. The fourth-order valence-electron chi connectivity index (χ4n) is 3.69. The lowest BCUT2D eigenvalue weighted by atomic mass is 9.99. The van der Waals surface area contributed by atoms with Crippen molar-refractivity contribution < 1.29 is 34.7 Å². The Morgan fingerprint density at radius 1 is 0.806 bits per heavy atom. The Bertz CT molecular complexity index is 481. The van der Waals surface area contributed by atoms with E-state index in [4.69, 9.17) is 14.6 Å². The van der Waals surface area contributed by atoms with Crippen molar-refractivity contribution in [2.24, 2.45) is 0 Å². The van der Waals surface area contributed by atoms with Gasteiger partial charge in [0.15, 0.2) is 0 Å². The normalized spacial score (nSPS) is 26.4. The minimum Gasteiger partial charge on any atom is -0.433 e. The number of hydrogen-bond donors (Lipinski definition) is 4. The molecule has 0 aromatic rings. The average molecular weight is 445 g/mol. The first-order valence-corrected chi connectivity index (χ1v) is 12.2. The van der Waals surface area contributed by atoms with Gasteiger partial charge >= 0.3 is 5.97 Å². The fourth-order valence-corrected chi connectivity index (χ4v) is 3.69. The number of aliphatic hydroxyl groups is 4. The zero-order chi connectivity index (χ0) is 22.9. The monoisotopic (exact) mass is 444 g/mol. The highest BCUT2D eigenvalue weighted by molar-refractivity contribution is 5.69. The number of allylic oxidation sites excluding steroid dienone is 2. The molecule has 7 heteroatoms. The highest BCUT2D eigenvalue weighted by atomic mass is 16.7. The van der Waals surface area contributed by atoms with Crippen molar-refractivity contribution in [3.05, 3.63) is 12.2 Å². The molecule has 0 saturated carbocycles. The largest absolute Gasteiger partial charge is 0.433 e. The van der Waals surface area contributed by atoms with Gasteiger partial charge in [-0.15, -0.1) is 0 Å². The minimum atomic E-state index is -1.55. The molecule has 0 bridgehead atoms. The summed E-state index contributed by atoms with van der Waals surface area (Å²) in [6, 6.07) is 0. The number of hydrogen-bond acceptors (Lipinski definition) is 7. The predicted molar refractivity (Wildman–Crippen MR) is 119 cm³/mol. The number of rotatable bonds is 17. The molecule has 1 aliphatic heterocycles. The van der Waals surface area contributed by atoms with Gasteiger partial charge in [-0.2, -0.15) is 0 Å². The van der Waals surface area contributed by atoms with Crippen LogP contribution in [-0.2, 0) is 14.3 Å². The van der Waals surface area contributed by atoms with Gasteiger partial charge in [0.25, 0.3) is 0 Å². The minimum absolute atomic E-state index is 0.202. The summed E-state index contributed by atoms with van der Waals surface area (Å²) in [5, 5.41) is 38.5. The Kier molecular flexibility index (Phi) is 15.9. The molecule has 1 saturated heterocycles. The average Bonchev–Trinajstić information content (AvgIpc) is 2.76. The summed E-state index contributed by atoms with van der Waals surface area (Å²) in [5.41, 5.74) is 0. The van der Waals surface area contributed by atoms with Crippen LogP contribution >= 0.6 is 0 Å². The molecule has 0 aromatic heterocycles. The molecule has 0 amide bonds. The first kappa shape index (κ1) is 28.0. The Labute approximate surface area is 187 Å². The summed E-state index contributed by atoms with van der Waals surface area (Å²) in [7, 11) is 0. The molecule has 5 atom stereocenters.